The molecule has 110 valence electrons. The first-order valence-corrected chi connectivity index (χ1v) is 7.31. The number of hydrogen-bond acceptors (Lipinski definition) is 4. The Bertz CT molecular complexity index is 662. The summed E-state index contributed by atoms with van der Waals surface area (Å²) in [4.78, 5) is 12.1. The average molecular weight is 285 g/mol. The number of aryl methyl sites for hydroxylation is 2. The zero-order valence-corrected chi connectivity index (χ0v) is 12.3. The lowest BCUT2D eigenvalue weighted by Gasteiger charge is -2.09. The second-order valence-corrected chi connectivity index (χ2v) is 5.73. The van der Waals surface area contributed by atoms with Crippen molar-refractivity contribution in [3.63, 3.8) is 0 Å². The molecular weight excluding hydrogens is 266 g/mol. The van der Waals surface area contributed by atoms with E-state index in [2.05, 4.69) is 33.0 Å². The van der Waals surface area contributed by atoms with Gasteiger partial charge in [0.25, 0.3) is 0 Å². The quantitative estimate of drug-likeness (QED) is 0.931. The van der Waals surface area contributed by atoms with E-state index in [4.69, 9.17) is 0 Å². The summed E-state index contributed by atoms with van der Waals surface area (Å²) in [5.74, 6) is 0.800. The molecule has 2 aromatic rings. The monoisotopic (exact) mass is 285 g/mol. The molecule has 0 bridgehead atoms. The van der Waals surface area contributed by atoms with Crippen LogP contribution in [0.4, 0.5) is 5.69 Å². The van der Waals surface area contributed by atoms with Gasteiger partial charge in [-0.3, -0.25) is 4.79 Å². The highest BCUT2D eigenvalue weighted by Crippen LogP contribution is 2.24. The van der Waals surface area contributed by atoms with Crippen molar-refractivity contribution < 1.29 is 4.79 Å². The van der Waals surface area contributed by atoms with Crippen molar-refractivity contribution in [1.29, 1.82) is 0 Å². The van der Waals surface area contributed by atoms with E-state index in [-0.39, 0.29) is 18.4 Å². The Hall–Kier alpha value is -2.24. The lowest BCUT2D eigenvalue weighted by Crippen LogP contribution is -2.21. The first kappa shape index (κ1) is 13.7. The molecule has 1 N–H and O–H groups in total. The second-order valence-electron chi connectivity index (χ2n) is 5.73. The van der Waals surface area contributed by atoms with Gasteiger partial charge in [0.2, 0.25) is 5.91 Å². The Balaban J connectivity index is 1.68. The maximum absolute atomic E-state index is 12.1. The molecule has 0 saturated carbocycles. The van der Waals surface area contributed by atoms with Crippen molar-refractivity contribution in [3.8, 4) is 0 Å². The van der Waals surface area contributed by atoms with E-state index in [0.29, 0.717) is 0 Å². The molecule has 0 radical (unpaired) electrons. The van der Waals surface area contributed by atoms with E-state index in [1.807, 2.05) is 19.9 Å². The Kier molecular flexibility index (Phi) is 3.68. The normalized spacial score (nSPS) is 13.5. The van der Waals surface area contributed by atoms with Gasteiger partial charge in [-0.2, -0.15) is 0 Å². The van der Waals surface area contributed by atoms with Crippen LogP contribution >= 0.6 is 0 Å². The van der Waals surface area contributed by atoms with Gasteiger partial charge >= 0.3 is 0 Å². The molecule has 0 unspecified atom stereocenters. The Morgan fingerprint density at radius 3 is 2.95 bits per heavy atom. The lowest BCUT2D eigenvalue weighted by atomic mass is 10.1. The van der Waals surface area contributed by atoms with Crippen LogP contribution in [0.5, 0.6) is 0 Å². The zero-order valence-electron chi connectivity index (χ0n) is 12.3. The summed E-state index contributed by atoms with van der Waals surface area (Å²) in [6.45, 7) is 4.14. The van der Waals surface area contributed by atoms with Crippen molar-refractivity contribution in [1.82, 2.24) is 20.2 Å². The van der Waals surface area contributed by atoms with Crippen molar-refractivity contribution in [2.45, 2.75) is 45.6 Å². The summed E-state index contributed by atoms with van der Waals surface area (Å²) in [7, 11) is 0. The summed E-state index contributed by atoms with van der Waals surface area (Å²) in [5.41, 5.74) is 3.59. The Morgan fingerprint density at radius 2 is 2.14 bits per heavy atom. The Labute approximate surface area is 123 Å². The first-order chi connectivity index (χ1) is 10.1. The highest BCUT2D eigenvalue weighted by atomic mass is 16.2. The average Bonchev–Trinajstić information content (AvgIpc) is 3.06. The first-order valence-electron chi connectivity index (χ1n) is 7.31. The van der Waals surface area contributed by atoms with Crippen LogP contribution < -0.4 is 5.32 Å². The number of fused-ring (bicyclic) bond motifs is 1. The van der Waals surface area contributed by atoms with Crippen molar-refractivity contribution in [3.05, 3.63) is 35.2 Å². The molecule has 21 heavy (non-hydrogen) atoms. The van der Waals surface area contributed by atoms with Crippen molar-refractivity contribution >= 4 is 11.6 Å². The number of anilines is 1. The van der Waals surface area contributed by atoms with E-state index < -0.39 is 0 Å². The van der Waals surface area contributed by atoms with Crippen LogP contribution in [-0.4, -0.2) is 26.1 Å². The summed E-state index contributed by atoms with van der Waals surface area (Å²) in [5, 5.41) is 14.4. The smallest absolute Gasteiger partial charge is 0.246 e. The standard InChI is InChI=1S/C15H19N5O/c1-10(2)15-17-18-19-20(15)9-14(21)16-13-7-6-11-4-3-5-12(11)8-13/h6-8,10H,3-5,9H2,1-2H3,(H,16,21). The van der Waals surface area contributed by atoms with Crippen LogP contribution in [0.1, 0.15) is 43.1 Å². The van der Waals surface area contributed by atoms with Crippen LogP contribution in [0.3, 0.4) is 0 Å². The van der Waals surface area contributed by atoms with Crippen LogP contribution in [0.15, 0.2) is 18.2 Å². The summed E-state index contributed by atoms with van der Waals surface area (Å²) in [6.07, 6.45) is 3.45. The third kappa shape index (κ3) is 2.94. The van der Waals surface area contributed by atoms with Gasteiger partial charge in [0, 0.05) is 11.6 Å². The number of rotatable bonds is 4. The number of amides is 1. The number of tetrazole rings is 1. The highest BCUT2D eigenvalue weighted by molar-refractivity contribution is 5.90. The summed E-state index contributed by atoms with van der Waals surface area (Å²) < 4.78 is 1.55. The van der Waals surface area contributed by atoms with E-state index in [9.17, 15) is 4.79 Å². The number of carbonyl (C=O) groups excluding carboxylic acids is 1. The van der Waals surface area contributed by atoms with Gasteiger partial charge in [-0.1, -0.05) is 19.9 Å². The molecule has 0 aliphatic heterocycles. The predicted octanol–water partition coefficient (Wildman–Crippen LogP) is 1.92. The van der Waals surface area contributed by atoms with Crippen LogP contribution in [0, 0.1) is 0 Å². The third-order valence-electron chi connectivity index (χ3n) is 3.75. The number of benzene rings is 1. The molecule has 0 spiro atoms. The zero-order chi connectivity index (χ0) is 14.8. The third-order valence-corrected chi connectivity index (χ3v) is 3.75. The van der Waals surface area contributed by atoms with E-state index in [1.54, 1.807) is 4.68 Å². The topological polar surface area (TPSA) is 72.7 Å². The predicted molar refractivity (Wildman–Crippen MR) is 79.0 cm³/mol. The fraction of sp³-hybridized carbons (Fsp3) is 0.467. The second kappa shape index (κ2) is 5.63. The van der Waals surface area contributed by atoms with Crippen molar-refractivity contribution in [2.24, 2.45) is 0 Å². The van der Waals surface area contributed by atoms with Gasteiger partial charge in [0.15, 0.2) is 5.82 Å². The minimum Gasteiger partial charge on any atom is -0.324 e. The summed E-state index contributed by atoms with van der Waals surface area (Å²) in [6, 6.07) is 6.14. The lowest BCUT2D eigenvalue weighted by molar-refractivity contribution is -0.117. The highest BCUT2D eigenvalue weighted by Gasteiger charge is 2.15. The molecule has 3 rings (SSSR count). The van der Waals surface area contributed by atoms with Crippen LogP contribution in [0.25, 0.3) is 0 Å². The largest absolute Gasteiger partial charge is 0.324 e. The Morgan fingerprint density at radius 1 is 1.33 bits per heavy atom. The molecular formula is C15H19N5O. The van der Waals surface area contributed by atoms with E-state index in [1.165, 1.54) is 17.5 Å². The number of nitrogens with zero attached hydrogens (tertiary/aromatic N) is 4. The minimum absolute atomic E-state index is 0.109. The molecule has 1 aliphatic rings. The number of aromatic nitrogens is 4. The number of nitrogens with one attached hydrogen (secondary N) is 1. The maximum atomic E-state index is 12.1. The van der Waals surface area contributed by atoms with Gasteiger partial charge in [0.1, 0.15) is 6.54 Å². The van der Waals surface area contributed by atoms with Gasteiger partial charge < -0.3 is 5.32 Å². The number of hydrogen-bond donors (Lipinski definition) is 1. The fourth-order valence-electron chi connectivity index (χ4n) is 2.72. The van der Waals surface area contributed by atoms with Gasteiger partial charge in [-0.25, -0.2) is 4.68 Å². The minimum atomic E-state index is -0.109. The molecule has 0 fully saturated rings. The van der Waals surface area contributed by atoms with Crippen LogP contribution in [0.2, 0.25) is 0 Å². The summed E-state index contributed by atoms with van der Waals surface area (Å²) >= 11 is 0. The molecule has 1 aliphatic carbocycles. The molecule has 1 aromatic heterocycles. The molecule has 6 heteroatoms. The molecule has 0 atom stereocenters. The molecule has 0 saturated heterocycles. The van der Waals surface area contributed by atoms with Crippen LogP contribution in [-0.2, 0) is 24.2 Å². The fourth-order valence-corrected chi connectivity index (χ4v) is 2.72. The molecule has 1 heterocycles. The van der Waals surface area contributed by atoms with E-state index >= 15 is 0 Å². The van der Waals surface area contributed by atoms with Gasteiger partial charge in [-0.05, 0) is 52.9 Å². The maximum Gasteiger partial charge on any atom is 0.246 e. The van der Waals surface area contributed by atoms with E-state index in [0.717, 1.165) is 24.4 Å². The van der Waals surface area contributed by atoms with Crippen molar-refractivity contribution in [2.75, 3.05) is 5.32 Å². The van der Waals surface area contributed by atoms with Gasteiger partial charge in [0.05, 0.1) is 0 Å². The number of carbonyl (C=O) groups is 1. The molecule has 1 aromatic carbocycles. The SMILES string of the molecule is CC(C)c1nnnn1CC(=O)Nc1ccc2c(c1)CCC2. The molecule has 1 amide bonds. The van der Waals surface area contributed by atoms with Gasteiger partial charge in [-0.15, -0.1) is 5.10 Å². The molecule has 6 nitrogen and oxygen atoms in total.